The fourth-order valence-electron chi connectivity index (χ4n) is 2.97. The van der Waals surface area contributed by atoms with Crippen molar-refractivity contribution in [1.29, 1.82) is 0 Å². The molecule has 120 valence electrons. The number of hydrogen-bond acceptors (Lipinski definition) is 4. The number of ether oxygens (including phenoxy) is 2. The summed E-state index contributed by atoms with van der Waals surface area (Å²) in [5.41, 5.74) is 3.67. The minimum atomic E-state index is 0.207. The van der Waals surface area contributed by atoms with Crippen molar-refractivity contribution >= 4 is 6.21 Å². The molecule has 0 bridgehead atoms. The van der Waals surface area contributed by atoms with Gasteiger partial charge in [0, 0.05) is 6.54 Å². The number of nitrogens with zero attached hydrogens (tertiary/aromatic N) is 2. The van der Waals surface area contributed by atoms with Gasteiger partial charge in [0.15, 0.2) is 11.5 Å². The van der Waals surface area contributed by atoms with Crippen LogP contribution in [0.1, 0.15) is 29.7 Å². The molecule has 0 saturated carbocycles. The molecular formula is C19H22N2O2. The molecule has 1 atom stereocenters. The molecule has 1 aliphatic rings. The van der Waals surface area contributed by atoms with Crippen LogP contribution in [0, 0.1) is 0 Å². The zero-order valence-corrected chi connectivity index (χ0v) is 13.8. The van der Waals surface area contributed by atoms with E-state index in [4.69, 9.17) is 9.47 Å². The normalized spacial score (nSPS) is 17.2. The summed E-state index contributed by atoms with van der Waals surface area (Å²) in [6.45, 7) is 3.07. The standard InChI is InChI=1S/C19H22N2O2/c1-14-17-12-19(23-3)18(22-2)11-16(17)9-10-21(14)20-13-15-7-5-4-6-8-15/h4-8,11-14H,9-10H2,1-3H3/b20-13-/t14-/m0/s1. The van der Waals surface area contributed by atoms with Crippen LogP contribution >= 0.6 is 0 Å². The van der Waals surface area contributed by atoms with Gasteiger partial charge in [-0.1, -0.05) is 30.3 Å². The first-order chi connectivity index (χ1) is 11.2. The van der Waals surface area contributed by atoms with Crippen LogP contribution in [0.25, 0.3) is 0 Å². The fraction of sp³-hybridized carbons (Fsp3) is 0.316. The summed E-state index contributed by atoms with van der Waals surface area (Å²) < 4.78 is 10.8. The second-order valence-electron chi connectivity index (χ2n) is 5.65. The quantitative estimate of drug-likeness (QED) is 0.808. The minimum Gasteiger partial charge on any atom is -0.493 e. The number of rotatable bonds is 4. The summed E-state index contributed by atoms with van der Waals surface area (Å²) in [6.07, 6.45) is 2.87. The molecule has 0 aliphatic carbocycles. The van der Waals surface area contributed by atoms with Crippen molar-refractivity contribution in [1.82, 2.24) is 5.01 Å². The molecule has 0 spiro atoms. The van der Waals surface area contributed by atoms with E-state index >= 15 is 0 Å². The Bertz CT molecular complexity index is 698. The van der Waals surface area contributed by atoms with E-state index in [9.17, 15) is 0 Å². The van der Waals surface area contributed by atoms with Gasteiger partial charge in [0.25, 0.3) is 0 Å². The van der Waals surface area contributed by atoms with E-state index in [-0.39, 0.29) is 6.04 Å². The van der Waals surface area contributed by atoms with E-state index < -0.39 is 0 Å². The van der Waals surface area contributed by atoms with Crippen LogP contribution in [0.4, 0.5) is 0 Å². The van der Waals surface area contributed by atoms with Crippen molar-refractivity contribution in [3.05, 3.63) is 59.2 Å². The molecule has 1 heterocycles. The Kier molecular flexibility index (Phi) is 4.51. The summed E-state index contributed by atoms with van der Waals surface area (Å²) in [7, 11) is 3.34. The van der Waals surface area contributed by atoms with E-state index in [0.717, 1.165) is 30.0 Å². The summed E-state index contributed by atoms with van der Waals surface area (Å²) >= 11 is 0. The van der Waals surface area contributed by atoms with Gasteiger partial charge in [0.05, 0.1) is 26.5 Å². The highest BCUT2D eigenvalue weighted by molar-refractivity contribution is 5.79. The van der Waals surface area contributed by atoms with Crippen LogP contribution in [0.5, 0.6) is 11.5 Å². The number of benzene rings is 2. The van der Waals surface area contributed by atoms with E-state index in [1.165, 1.54) is 11.1 Å². The molecule has 23 heavy (non-hydrogen) atoms. The summed E-state index contributed by atoms with van der Waals surface area (Å²) in [4.78, 5) is 0. The number of methoxy groups -OCH3 is 2. The van der Waals surface area contributed by atoms with E-state index in [1.54, 1.807) is 14.2 Å². The van der Waals surface area contributed by atoms with Crippen LogP contribution in [-0.4, -0.2) is 32.0 Å². The average Bonchev–Trinajstić information content (AvgIpc) is 2.61. The average molecular weight is 310 g/mol. The topological polar surface area (TPSA) is 34.1 Å². The molecule has 4 nitrogen and oxygen atoms in total. The lowest BCUT2D eigenvalue weighted by Gasteiger charge is -2.33. The maximum atomic E-state index is 5.43. The molecule has 4 heteroatoms. The highest BCUT2D eigenvalue weighted by Crippen LogP contribution is 2.37. The van der Waals surface area contributed by atoms with Gasteiger partial charge in [-0.15, -0.1) is 0 Å². The lowest BCUT2D eigenvalue weighted by atomic mass is 9.94. The molecular weight excluding hydrogens is 288 g/mol. The number of hydrogen-bond donors (Lipinski definition) is 0. The number of fused-ring (bicyclic) bond motifs is 1. The van der Waals surface area contributed by atoms with Gasteiger partial charge in [-0.05, 0) is 42.2 Å². The van der Waals surface area contributed by atoms with Crippen molar-refractivity contribution in [2.75, 3.05) is 20.8 Å². The van der Waals surface area contributed by atoms with Crippen molar-refractivity contribution in [3.63, 3.8) is 0 Å². The third-order valence-electron chi connectivity index (χ3n) is 4.31. The molecule has 0 radical (unpaired) electrons. The zero-order chi connectivity index (χ0) is 16.2. The maximum absolute atomic E-state index is 5.43. The molecule has 0 aromatic heterocycles. The Morgan fingerprint density at radius 3 is 2.48 bits per heavy atom. The van der Waals surface area contributed by atoms with Crippen LogP contribution < -0.4 is 9.47 Å². The van der Waals surface area contributed by atoms with Gasteiger partial charge in [-0.2, -0.15) is 5.10 Å². The first-order valence-corrected chi connectivity index (χ1v) is 7.83. The molecule has 0 fully saturated rings. The highest BCUT2D eigenvalue weighted by atomic mass is 16.5. The van der Waals surface area contributed by atoms with Gasteiger partial charge in [0.2, 0.25) is 0 Å². The molecule has 2 aromatic carbocycles. The Labute approximate surface area is 137 Å². The van der Waals surface area contributed by atoms with Crippen molar-refractivity contribution in [2.24, 2.45) is 5.10 Å². The van der Waals surface area contributed by atoms with Crippen molar-refractivity contribution in [2.45, 2.75) is 19.4 Å². The van der Waals surface area contributed by atoms with E-state index in [2.05, 4.69) is 41.3 Å². The Balaban J connectivity index is 1.85. The first-order valence-electron chi connectivity index (χ1n) is 7.83. The molecule has 0 saturated heterocycles. The van der Waals surface area contributed by atoms with Crippen LogP contribution in [0.15, 0.2) is 47.6 Å². The summed E-state index contributed by atoms with van der Waals surface area (Å²) in [5.74, 6) is 1.56. The van der Waals surface area contributed by atoms with Gasteiger partial charge < -0.3 is 9.47 Å². The molecule has 0 unspecified atom stereocenters. The molecule has 0 N–H and O–H groups in total. The van der Waals surface area contributed by atoms with Gasteiger partial charge in [-0.25, -0.2) is 0 Å². The molecule has 0 amide bonds. The summed E-state index contributed by atoms with van der Waals surface area (Å²) in [6, 6.07) is 14.5. The van der Waals surface area contributed by atoms with Crippen LogP contribution in [0.2, 0.25) is 0 Å². The lowest BCUT2D eigenvalue weighted by molar-refractivity contribution is 0.208. The minimum absolute atomic E-state index is 0.207. The lowest BCUT2D eigenvalue weighted by Crippen LogP contribution is -2.30. The Hall–Kier alpha value is -2.49. The maximum Gasteiger partial charge on any atom is 0.161 e. The predicted molar refractivity (Wildman–Crippen MR) is 92.4 cm³/mol. The Morgan fingerprint density at radius 2 is 1.78 bits per heavy atom. The summed E-state index contributed by atoms with van der Waals surface area (Å²) in [5, 5.41) is 6.79. The Morgan fingerprint density at radius 1 is 1.09 bits per heavy atom. The second-order valence-corrected chi connectivity index (χ2v) is 5.65. The third kappa shape index (κ3) is 3.16. The largest absolute Gasteiger partial charge is 0.493 e. The van der Waals surface area contributed by atoms with Crippen LogP contribution in [-0.2, 0) is 6.42 Å². The SMILES string of the molecule is COc1cc2c(cc1OC)[C@H](C)N(/N=C\c1ccccc1)CC2. The molecule has 3 rings (SSSR count). The fourth-order valence-corrected chi connectivity index (χ4v) is 2.97. The number of hydrazone groups is 1. The van der Waals surface area contributed by atoms with E-state index in [1.807, 2.05) is 24.4 Å². The zero-order valence-electron chi connectivity index (χ0n) is 13.8. The van der Waals surface area contributed by atoms with Crippen LogP contribution in [0.3, 0.4) is 0 Å². The second kappa shape index (κ2) is 6.73. The third-order valence-corrected chi connectivity index (χ3v) is 4.31. The highest BCUT2D eigenvalue weighted by Gasteiger charge is 2.24. The van der Waals surface area contributed by atoms with Gasteiger partial charge in [-0.3, -0.25) is 5.01 Å². The smallest absolute Gasteiger partial charge is 0.161 e. The molecule has 1 aliphatic heterocycles. The van der Waals surface area contributed by atoms with Crippen molar-refractivity contribution in [3.8, 4) is 11.5 Å². The predicted octanol–water partition coefficient (Wildman–Crippen LogP) is 3.66. The molecule has 2 aromatic rings. The van der Waals surface area contributed by atoms with Crippen molar-refractivity contribution < 1.29 is 9.47 Å². The van der Waals surface area contributed by atoms with Gasteiger partial charge in [0.1, 0.15) is 0 Å². The first kappa shape index (κ1) is 15.4. The van der Waals surface area contributed by atoms with Gasteiger partial charge >= 0.3 is 0 Å². The monoisotopic (exact) mass is 310 g/mol. The van der Waals surface area contributed by atoms with E-state index in [0.29, 0.717) is 0 Å².